The van der Waals surface area contributed by atoms with E-state index < -0.39 is 0 Å². The fourth-order valence-corrected chi connectivity index (χ4v) is 6.46. The van der Waals surface area contributed by atoms with Gasteiger partial charge in [-0.05, 0) is 70.7 Å². The summed E-state index contributed by atoms with van der Waals surface area (Å²) >= 11 is 0. The molecule has 0 radical (unpaired) electrons. The van der Waals surface area contributed by atoms with E-state index in [0.29, 0.717) is 50.7 Å². The summed E-state index contributed by atoms with van der Waals surface area (Å²) in [6.07, 6.45) is 0. The second-order valence-electron chi connectivity index (χ2n) is 12.6. The Hall–Kier alpha value is -7.71. The minimum Gasteiger partial charge on any atom is -0.495 e. The molecule has 7 aromatic carbocycles. The summed E-state index contributed by atoms with van der Waals surface area (Å²) in [5.41, 5.74) is 8.33. The van der Waals surface area contributed by atoms with Crippen LogP contribution in [0.1, 0.15) is 33.4 Å². The van der Waals surface area contributed by atoms with Crippen molar-refractivity contribution in [3.05, 3.63) is 215 Å². The van der Waals surface area contributed by atoms with Crippen LogP contribution in [0.5, 0.6) is 17.2 Å². The molecule has 0 atom stereocenters. The molecule has 7 rings (SSSR count). The van der Waals surface area contributed by atoms with E-state index in [9.17, 15) is 0 Å². The topological polar surface area (TPSA) is 64.8 Å². The van der Waals surface area contributed by atoms with Crippen molar-refractivity contribution in [1.29, 1.82) is 0 Å². The van der Waals surface area contributed by atoms with Crippen LogP contribution in [-0.4, -0.2) is 38.9 Å². The molecule has 0 fully saturated rings. The predicted molar refractivity (Wildman–Crippen MR) is 234 cm³/mol. The number of hydrogen-bond acceptors (Lipinski definition) is 6. The molecule has 0 N–H and O–H groups in total. The third-order valence-corrected chi connectivity index (χ3v) is 9.07. The fourth-order valence-electron chi connectivity index (χ4n) is 6.46. The maximum Gasteiger partial charge on any atom is 0.143 e. The molecule has 0 aliphatic carbocycles. The molecule has 0 saturated heterocycles. The molecule has 276 valence electrons. The van der Waals surface area contributed by atoms with E-state index in [1.807, 2.05) is 182 Å². The highest BCUT2D eigenvalue weighted by molar-refractivity contribution is 6.13. The molecular formula is C51H39N3O3. The van der Waals surface area contributed by atoms with Crippen molar-refractivity contribution >= 4 is 51.4 Å². The van der Waals surface area contributed by atoms with E-state index in [4.69, 9.17) is 29.2 Å². The second-order valence-corrected chi connectivity index (χ2v) is 12.6. The smallest absolute Gasteiger partial charge is 0.143 e. The minimum absolute atomic E-state index is 0.448. The van der Waals surface area contributed by atoms with E-state index in [2.05, 4.69) is 17.6 Å². The van der Waals surface area contributed by atoms with Crippen LogP contribution in [0.15, 0.2) is 197 Å². The zero-order valence-corrected chi connectivity index (χ0v) is 31.9. The first-order valence-electron chi connectivity index (χ1n) is 18.4. The van der Waals surface area contributed by atoms with Gasteiger partial charge in [-0.3, -0.25) is 0 Å². The lowest BCUT2D eigenvalue weighted by molar-refractivity contribution is 0.371. The van der Waals surface area contributed by atoms with Crippen LogP contribution in [0.25, 0.3) is 16.7 Å². The van der Waals surface area contributed by atoms with Gasteiger partial charge in [0.2, 0.25) is 0 Å². The summed E-state index contributed by atoms with van der Waals surface area (Å²) in [7, 11) is 4.92. The van der Waals surface area contributed by atoms with Gasteiger partial charge in [0.05, 0.1) is 71.8 Å². The van der Waals surface area contributed by atoms with Gasteiger partial charge < -0.3 is 14.2 Å². The molecule has 0 unspecified atom stereocenters. The highest BCUT2D eigenvalue weighted by Crippen LogP contribution is 2.53. The Labute approximate surface area is 333 Å². The molecule has 0 heterocycles. The first-order chi connectivity index (χ1) is 28.2. The van der Waals surface area contributed by atoms with Gasteiger partial charge in [0, 0.05) is 0 Å². The van der Waals surface area contributed by atoms with Gasteiger partial charge in [0.25, 0.3) is 0 Å². The zero-order valence-electron chi connectivity index (χ0n) is 31.9. The van der Waals surface area contributed by atoms with Crippen molar-refractivity contribution in [3.8, 4) is 17.2 Å². The third kappa shape index (κ3) is 8.66. The average Bonchev–Trinajstić information content (AvgIpc) is 3.28. The van der Waals surface area contributed by atoms with Crippen LogP contribution >= 0.6 is 0 Å². The first-order valence-corrected chi connectivity index (χ1v) is 18.4. The monoisotopic (exact) mass is 741 g/mol. The van der Waals surface area contributed by atoms with Gasteiger partial charge in [-0.15, -0.1) is 0 Å². The second kappa shape index (κ2) is 18.6. The van der Waals surface area contributed by atoms with E-state index >= 15 is 0 Å². The zero-order chi connectivity index (χ0) is 39.2. The van der Waals surface area contributed by atoms with E-state index in [1.54, 1.807) is 21.3 Å². The highest BCUT2D eigenvalue weighted by atomic mass is 16.5. The quantitative estimate of drug-likeness (QED) is 0.117. The Bertz CT molecular complexity index is 2320. The van der Waals surface area contributed by atoms with Gasteiger partial charge >= 0.3 is 0 Å². The summed E-state index contributed by atoms with van der Waals surface area (Å²) in [6, 6.07) is 59.0. The number of nitrogens with zero attached hydrogens (tertiary/aromatic N) is 3. The van der Waals surface area contributed by atoms with Crippen molar-refractivity contribution in [2.24, 2.45) is 15.0 Å². The average molecular weight is 742 g/mol. The lowest BCUT2D eigenvalue weighted by Crippen LogP contribution is -2.10. The van der Waals surface area contributed by atoms with Crippen LogP contribution in [-0.2, 0) is 0 Å². The standard InChI is InChI=1S/C51H39N3O3/c1-55-49-46(43(37-22-10-4-11-23-37)34-52-40-28-16-7-17-29-40)50(56-2)48(45(39-26-14-6-15-27-39)36-54-42-32-20-9-21-33-42)51(57-3)47(49)44(38-24-12-5-13-25-38)35-53-41-30-18-8-19-31-41/h4-33H,1-3H3. The van der Waals surface area contributed by atoms with Crippen LogP contribution in [0, 0.1) is 0 Å². The molecule has 0 spiro atoms. The highest BCUT2D eigenvalue weighted by Gasteiger charge is 2.33. The summed E-state index contributed by atoms with van der Waals surface area (Å²) in [6.45, 7) is 0. The molecule has 6 heteroatoms. The van der Waals surface area contributed by atoms with E-state index in [0.717, 1.165) is 33.8 Å². The molecule has 0 amide bonds. The molecule has 7 aromatic rings. The van der Waals surface area contributed by atoms with E-state index in [1.165, 1.54) is 0 Å². The number of aliphatic imine (C=N–C) groups is 3. The summed E-state index contributed by atoms with van der Waals surface area (Å²) in [5.74, 6) is 11.6. The maximum absolute atomic E-state index is 6.52. The molecule has 6 nitrogen and oxygen atoms in total. The van der Waals surface area contributed by atoms with Crippen LogP contribution in [0.4, 0.5) is 17.1 Å². The Morgan fingerprint density at radius 2 is 0.526 bits per heavy atom. The summed E-state index contributed by atoms with van der Waals surface area (Å²) < 4.78 is 19.6. The van der Waals surface area contributed by atoms with Crippen molar-refractivity contribution < 1.29 is 14.2 Å². The van der Waals surface area contributed by atoms with Gasteiger partial charge in [-0.25, -0.2) is 15.0 Å². The Morgan fingerprint density at radius 1 is 0.316 bits per heavy atom. The Morgan fingerprint density at radius 3 is 0.737 bits per heavy atom. The fraction of sp³-hybridized carbons (Fsp3) is 0.0588. The summed E-state index contributed by atoms with van der Waals surface area (Å²) in [4.78, 5) is 14.6. The normalized spacial score (nSPS) is 10.2. The molecule has 0 bridgehead atoms. The molecular weight excluding hydrogens is 703 g/mol. The van der Waals surface area contributed by atoms with Crippen molar-refractivity contribution in [1.82, 2.24) is 0 Å². The lowest BCUT2D eigenvalue weighted by Gasteiger charge is -2.26. The third-order valence-electron chi connectivity index (χ3n) is 9.07. The van der Waals surface area contributed by atoms with Crippen LogP contribution in [0.2, 0.25) is 0 Å². The molecule has 0 saturated carbocycles. The number of hydrogen-bond donors (Lipinski definition) is 0. The van der Waals surface area contributed by atoms with Crippen molar-refractivity contribution in [2.75, 3.05) is 21.3 Å². The number of para-hydroxylation sites is 3. The number of methoxy groups -OCH3 is 3. The maximum atomic E-state index is 6.52. The predicted octanol–water partition coefficient (Wildman–Crippen LogP) is 12.0. The molecule has 0 aromatic heterocycles. The molecule has 0 aliphatic rings. The number of ether oxygens (including phenoxy) is 3. The Balaban J connectivity index is 1.72. The van der Waals surface area contributed by atoms with Gasteiger partial charge in [-0.1, -0.05) is 146 Å². The van der Waals surface area contributed by atoms with Crippen molar-refractivity contribution in [3.63, 3.8) is 0 Å². The van der Waals surface area contributed by atoms with Gasteiger partial charge in [-0.2, -0.15) is 0 Å². The largest absolute Gasteiger partial charge is 0.495 e. The lowest BCUT2D eigenvalue weighted by atomic mass is 9.84. The summed E-state index contributed by atoms with van der Waals surface area (Å²) in [5, 5.41) is 0. The van der Waals surface area contributed by atoms with Crippen LogP contribution < -0.4 is 14.2 Å². The number of benzene rings is 7. The van der Waals surface area contributed by atoms with Crippen molar-refractivity contribution in [2.45, 2.75) is 0 Å². The minimum atomic E-state index is 0.448. The SMILES string of the molecule is COc1c(C(=C=Nc2ccccc2)c2ccccc2)c(OC)c(C(=C=Nc2ccccc2)c2ccccc2)c(OC)c1C(=C=Nc1ccccc1)c1ccccc1. The Kier molecular flexibility index (Phi) is 12.2. The number of rotatable bonds is 12. The van der Waals surface area contributed by atoms with Gasteiger partial charge in [0.15, 0.2) is 0 Å². The molecule has 57 heavy (non-hydrogen) atoms. The van der Waals surface area contributed by atoms with Crippen LogP contribution in [0.3, 0.4) is 0 Å². The van der Waals surface area contributed by atoms with E-state index in [-0.39, 0.29) is 0 Å². The van der Waals surface area contributed by atoms with Gasteiger partial charge in [0.1, 0.15) is 17.2 Å². The molecule has 0 aliphatic heterocycles. The first kappa shape index (κ1) is 37.6.